The highest BCUT2D eigenvalue weighted by molar-refractivity contribution is 9.10. The molecule has 0 spiro atoms. The second kappa shape index (κ2) is 3.98. The van der Waals surface area contributed by atoms with Gasteiger partial charge in [0.15, 0.2) is 5.82 Å². The fourth-order valence-corrected chi connectivity index (χ4v) is 2.15. The van der Waals surface area contributed by atoms with Crippen LogP contribution in [0.1, 0.15) is 11.3 Å². The average Bonchev–Trinajstić information content (AvgIpc) is 2.70. The Bertz CT molecular complexity index is 488. The summed E-state index contributed by atoms with van der Waals surface area (Å²) in [4.78, 5) is 0. The molecule has 2 aromatic heterocycles. The Balaban J connectivity index is 2.61. The van der Waals surface area contributed by atoms with Crippen LogP contribution in [-0.2, 0) is 12.9 Å². The SMILES string of the molecule is Cc1nn(C)c(-n2cc(Br)cn2)c1CCl. The van der Waals surface area contributed by atoms with Crippen molar-refractivity contribution in [1.82, 2.24) is 19.6 Å². The minimum Gasteiger partial charge on any atom is -0.250 e. The summed E-state index contributed by atoms with van der Waals surface area (Å²) in [7, 11) is 1.88. The first-order valence-electron chi connectivity index (χ1n) is 4.42. The summed E-state index contributed by atoms with van der Waals surface area (Å²) in [6, 6.07) is 0. The molecule has 6 heteroatoms. The normalized spacial score (nSPS) is 10.9. The van der Waals surface area contributed by atoms with Gasteiger partial charge in [0.2, 0.25) is 0 Å². The zero-order valence-corrected chi connectivity index (χ0v) is 10.7. The first-order valence-corrected chi connectivity index (χ1v) is 5.75. The second-order valence-electron chi connectivity index (χ2n) is 3.25. The molecular weight excluding hydrogens is 279 g/mol. The van der Waals surface area contributed by atoms with Crippen molar-refractivity contribution < 1.29 is 0 Å². The van der Waals surface area contributed by atoms with Crippen molar-refractivity contribution in [3.05, 3.63) is 28.1 Å². The van der Waals surface area contributed by atoms with E-state index in [4.69, 9.17) is 11.6 Å². The number of aryl methyl sites for hydroxylation is 2. The third-order valence-electron chi connectivity index (χ3n) is 2.21. The molecule has 0 aliphatic carbocycles. The minimum absolute atomic E-state index is 0.437. The van der Waals surface area contributed by atoms with Crippen LogP contribution >= 0.6 is 27.5 Å². The number of alkyl halides is 1. The van der Waals surface area contributed by atoms with E-state index < -0.39 is 0 Å². The molecule has 0 atom stereocenters. The van der Waals surface area contributed by atoms with Crippen LogP contribution in [0.3, 0.4) is 0 Å². The molecule has 0 aliphatic heterocycles. The van der Waals surface area contributed by atoms with Crippen molar-refractivity contribution in [1.29, 1.82) is 0 Å². The van der Waals surface area contributed by atoms with Gasteiger partial charge in [-0.2, -0.15) is 10.2 Å². The molecule has 0 aliphatic rings. The molecular formula is C9H10BrClN4. The van der Waals surface area contributed by atoms with Gasteiger partial charge in [-0.15, -0.1) is 11.6 Å². The largest absolute Gasteiger partial charge is 0.250 e. The van der Waals surface area contributed by atoms with Crippen LogP contribution in [0.25, 0.3) is 5.82 Å². The number of hydrogen-bond acceptors (Lipinski definition) is 2. The molecule has 4 nitrogen and oxygen atoms in total. The molecule has 0 radical (unpaired) electrons. The van der Waals surface area contributed by atoms with E-state index in [0.29, 0.717) is 5.88 Å². The number of halogens is 2. The van der Waals surface area contributed by atoms with Crippen molar-refractivity contribution >= 4 is 27.5 Å². The van der Waals surface area contributed by atoms with Gasteiger partial charge in [-0.25, -0.2) is 4.68 Å². The smallest absolute Gasteiger partial charge is 0.156 e. The summed E-state index contributed by atoms with van der Waals surface area (Å²) >= 11 is 9.26. The zero-order chi connectivity index (χ0) is 11.0. The van der Waals surface area contributed by atoms with E-state index in [1.54, 1.807) is 15.6 Å². The van der Waals surface area contributed by atoms with Gasteiger partial charge in [0.1, 0.15) is 0 Å². The standard InChI is InChI=1S/C9H10BrClN4/c1-6-8(3-11)9(14(2)13-6)15-5-7(10)4-12-15/h4-5H,3H2,1-2H3. The molecule has 2 rings (SSSR count). The molecule has 0 bridgehead atoms. The Kier molecular flexibility index (Phi) is 2.84. The topological polar surface area (TPSA) is 35.6 Å². The third-order valence-corrected chi connectivity index (χ3v) is 2.89. The van der Waals surface area contributed by atoms with Gasteiger partial charge in [0.25, 0.3) is 0 Å². The van der Waals surface area contributed by atoms with Crippen LogP contribution in [0.5, 0.6) is 0 Å². The van der Waals surface area contributed by atoms with Crippen molar-refractivity contribution in [3.63, 3.8) is 0 Å². The Morgan fingerprint density at radius 2 is 2.27 bits per heavy atom. The van der Waals surface area contributed by atoms with Gasteiger partial charge >= 0.3 is 0 Å². The zero-order valence-electron chi connectivity index (χ0n) is 8.41. The highest BCUT2D eigenvalue weighted by atomic mass is 79.9. The quantitative estimate of drug-likeness (QED) is 0.796. The highest BCUT2D eigenvalue weighted by Gasteiger charge is 2.14. The number of aromatic nitrogens is 4. The highest BCUT2D eigenvalue weighted by Crippen LogP contribution is 2.20. The first kappa shape index (κ1) is 10.7. The van der Waals surface area contributed by atoms with E-state index in [2.05, 4.69) is 26.1 Å². The van der Waals surface area contributed by atoms with E-state index in [1.807, 2.05) is 20.2 Å². The maximum Gasteiger partial charge on any atom is 0.156 e. The predicted molar refractivity (Wildman–Crippen MR) is 62.3 cm³/mol. The third kappa shape index (κ3) is 1.81. The van der Waals surface area contributed by atoms with Crippen molar-refractivity contribution in [2.45, 2.75) is 12.8 Å². The summed E-state index contributed by atoms with van der Waals surface area (Å²) in [5.74, 6) is 1.35. The Morgan fingerprint density at radius 3 is 2.80 bits per heavy atom. The van der Waals surface area contributed by atoms with Crippen molar-refractivity contribution in [2.24, 2.45) is 7.05 Å². The minimum atomic E-state index is 0.437. The van der Waals surface area contributed by atoms with Crippen molar-refractivity contribution in [2.75, 3.05) is 0 Å². The first-order chi connectivity index (χ1) is 7.13. The number of hydrogen-bond donors (Lipinski definition) is 0. The molecule has 0 saturated heterocycles. The fraction of sp³-hybridized carbons (Fsp3) is 0.333. The van der Waals surface area contributed by atoms with Gasteiger partial charge in [0, 0.05) is 18.8 Å². The summed E-state index contributed by atoms with van der Waals surface area (Å²) in [5.41, 5.74) is 1.95. The van der Waals surface area contributed by atoms with Crippen LogP contribution in [0.4, 0.5) is 0 Å². The van der Waals surface area contributed by atoms with Crippen LogP contribution < -0.4 is 0 Å². The van der Waals surface area contributed by atoms with E-state index in [1.165, 1.54) is 0 Å². The molecule has 0 amide bonds. The van der Waals surface area contributed by atoms with Gasteiger partial charge in [-0.05, 0) is 22.9 Å². The van der Waals surface area contributed by atoms with E-state index >= 15 is 0 Å². The lowest BCUT2D eigenvalue weighted by atomic mass is 10.3. The Morgan fingerprint density at radius 1 is 1.53 bits per heavy atom. The Hall–Kier alpha value is -0.810. The lowest BCUT2D eigenvalue weighted by Gasteiger charge is -2.03. The van der Waals surface area contributed by atoms with E-state index in [-0.39, 0.29) is 0 Å². The monoisotopic (exact) mass is 288 g/mol. The van der Waals surface area contributed by atoms with Crippen LogP contribution in [0, 0.1) is 6.92 Å². The molecule has 0 unspecified atom stereocenters. The van der Waals surface area contributed by atoms with E-state index in [0.717, 1.165) is 21.5 Å². The number of rotatable bonds is 2. The molecule has 80 valence electrons. The molecule has 2 heterocycles. The molecule has 0 N–H and O–H groups in total. The predicted octanol–water partition coefficient (Wildman–Crippen LogP) is 2.42. The average molecular weight is 290 g/mol. The Labute approximate surface area is 101 Å². The van der Waals surface area contributed by atoms with Gasteiger partial charge in [-0.3, -0.25) is 4.68 Å². The molecule has 0 saturated carbocycles. The van der Waals surface area contributed by atoms with Gasteiger partial charge in [0.05, 0.1) is 22.2 Å². The van der Waals surface area contributed by atoms with Gasteiger partial charge in [-0.1, -0.05) is 0 Å². The number of nitrogens with zero attached hydrogens (tertiary/aromatic N) is 4. The maximum absolute atomic E-state index is 5.90. The molecule has 0 aromatic carbocycles. The second-order valence-corrected chi connectivity index (χ2v) is 4.43. The molecule has 0 fully saturated rings. The summed E-state index contributed by atoms with van der Waals surface area (Å²) in [6.07, 6.45) is 3.62. The lowest BCUT2D eigenvalue weighted by molar-refractivity contribution is 0.692. The van der Waals surface area contributed by atoms with Crippen molar-refractivity contribution in [3.8, 4) is 5.82 Å². The van der Waals surface area contributed by atoms with Crippen LogP contribution in [0.2, 0.25) is 0 Å². The summed E-state index contributed by atoms with van der Waals surface area (Å²) < 4.78 is 4.48. The van der Waals surface area contributed by atoms with Crippen LogP contribution in [-0.4, -0.2) is 19.6 Å². The lowest BCUT2D eigenvalue weighted by Crippen LogP contribution is -2.05. The fourth-order valence-electron chi connectivity index (χ4n) is 1.55. The molecule has 15 heavy (non-hydrogen) atoms. The molecule has 2 aromatic rings. The summed E-state index contributed by atoms with van der Waals surface area (Å²) in [5, 5.41) is 8.54. The van der Waals surface area contributed by atoms with Gasteiger partial charge < -0.3 is 0 Å². The van der Waals surface area contributed by atoms with Crippen LogP contribution in [0.15, 0.2) is 16.9 Å². The maximum atomic E-state index is 5.90. The van der Waals surface area contributed by atoms with E-state index in [9.17, 15) is 0 Å². The summed E-state index contributed by atoms with van der Waals surface area (Å²) in [6.45, 7) is 1.94.